The van der Waals surface area contributed by atoms with E-state index >= 15 is 0 Å². The first kappa shape index (κ1) is 17.1. The molecule has 3 nitrogen and oxygen atoms in total. The number of fused-ring (bicyclic) bond motifs is 1. The van der Waals surface area contributed by atoms with Gasteiger partial charge in [-0.25, -0.2) is 0 Å². The first-order valence-corrected chi connectivity index (χ1v) is 9.25. The molecule has 0 unspecified atom stereocenters. The second-order valence-electron chi connectivity index (χ2n) is 6.93. The van der Waals surface area contributed by atoms with Gasteiger partial charge in [-0.15, -0.1) is 0 Å². The smallest absolute Gasteiger partial charge is 0.167 e. The van der Waals surface area contributed by atoms with E-state index in [1.54, 1.807) is 12.1 Å². The van der Waals surface area contributed by atoms with Crippen molar-refractivity contribution in [2.24, 2.45) is 0 Å². The lowest BCUT2D eigenvalue weighted by atomic mass is 9.96. The first-order valence-electron chi connectivity index (χ1n) is 8.87. The minimum Gasteiger partial charge on any atom is -0.361 e. The number of nitrogens with zero attached hydrogens (tertiary/aromatic N) is 1. The Morgan fingerprint density at radius 1 is 1.23 bits per heavy atom. The van der Waals surface area contributed by atoms with Gasteiger partial charge in [0.05, 0.1) is 0 Å². The molecule has 2 heterocycles. The molecule has 1 N–H and O–H groups in total. The first-order chi connectivity index (χ1) is 12.6. The molecule has 0 atom stereocenters. The van der Waals surface area contributed by atoms with Crippen LogP contribution in [0.2, 0.25) is 5.02 Å². The summed E-state index contributed by atoms with van der Waals surface area (Å²) in [5.41, 5.74) is 5.43. The Morgan fingerprint density at radius 2 is 2.12 bits per heavy atom. The van der Waals surface area contributed by atoms with Gasteiger partial charge in [-0.3, -0.25) is 4.79 Å². The Morgan fingerprint density at radius 3 is 2.88 bits per heavy atom. The van der Waals surface area contributed by atoms with Crippen molar-refractivity contribution in [2.45, 2.75) is 12.8 Å². The van der Waals surface area contributed by atoms with Gasteiger partial charge < -0.3 is 9.88 Å². The molecule has 2 aromatic carbocycles. The number of carbonyl (C=O) groups is 1. The lowest BCUT2D eigenvalue weighted by molar-refractivity contribution is 0.0993. The second-order valence-corrected chi connectivity index (χ2v) is 7.37. The molecule has 26 heavy (non-hydrogen) atoms. The molecule has 0 spiro atoms. The molecule has 132 valence electrons. The molecule has 0 aliphatic carbocycles. The van der Waals surface area contributed by atoms with Gasteiger partial charge in [0.15, 0.2) is 5.78 Å². The molecular formula is C22H21ClN2O. The van der Waals surface area contributed by atoms with Crippen molar-refractivity contribution < 1.29 is 4.79 Å². The van der Waals surface area contributed by atoms with E-state index in [1.165, 1.54) is 16.5 Å². The number of hydrogen-bond donors (Lipinski definition) is 1. The van der Waals surface area contributed by atoms with Gasteiger partial charge in [0.25, 0.3) is 0 Å². The molecule has 1 aromatic heterocycles. The fourth-order valence-corrected chi connectivity index (χ4v) is 3.70. The van der Waals surface area contributed by atoms with Crippen molar-refractivity contribution in [3.8, 4) is 0 Å². The monoisotopic (exact) mass is 364 g/mol. The summed E-state index contributed by atoms with van der Waals surface area (Å²) < 4.78 is 0. The molecule has 0 saturated carbocycles. The molecular weight excluding hydrogens is 344 g/mol. The number of Topliss-reactive ketones (excluding diaryl/α,β-unsaturated/α-hetero) is 1. The van der Waals surface area contributed by atoms with Crippen LogP contribution in [0.4, 0.5) is 0 Å². The maximum atomic E-state index is 12.6. The zero-order chi connectivity index (χ0) is 18.1. The second kappa shape index (κ2) is 7.10. The lowest BCUT2D eigenvalue weighted by Gasteiger charge is -2.21. The van der Waals surface area contributed by atoms with Crippen LogP contribution >= 0.6 is 11.6 Å². The summed E-state index contributed by atoms with van der Waals surface area (Å²) in [6.45, 7) is 2.06. The zero-order valence-corrected chi connectivity index (χ0v) is 15.5. The Hall–Kier alpha value is -2.36. The highest BCUT2D eigenvalue weighted by Crippen LogP contribution is 2.30. The average molecular weight is 365 g/mol. The number of aromatic amines is 1. The van der Waals surface area contributed by atoms with Crippen LogP contribution in [0.1, 0.15) is 27.9 Å². The van der Waals surface area contributed by atoms with Gasteiger partial charge in [0.1, 0.15) is 0 Å². The summed E-state index contributed by atoms with van der Waals surface area (Å²) in [7, 11) is 2.14. The maximum absolute atomic E-state index is 12.6. The van der Waals surface area contributed by atoms with Crippen LogP contribution in [0, 0.1) is 0 Å². The zero-order valence-electron chi connectivity index (χ0n) is 14.8. The summed E-state index contributed by atoms with van der Waals surface area (Å²) in [5.74, 6) is 0.0856. The van der Waals surface area contributed by atoms with Crippen LogP contribution in [0.25, 0.3) is 16.5 Å². The third kappa shape index (κ3) is 3.46. The van der Waals surface area contributed by atoms with E-state index in [4.69, 9.17) is 11.6 Å². The van der Waals surface area contributed by atoms with E-state index in [2.05, 4.69) is 41.3 Å². The van der Waals surface area contributed by atoms with E-state index in [0.717, 1.165) is 30.6 Å². The van der Waals surface area contributed by atoms with Crippen LogP contribution in [0.3, 0.4) is 0 Å². The Kier molecular flexibility index (Phi) is 4.66. The third-order valence-electron chi connectivity index (χ3n) is 5.02. The molecule has 4 rings (SSSR count). The standard InChI is InChI=1S/C22H21ClN2O/c1-25-9-7-16(8-10-25)20-14-24-21-6-5-15(11-19(20)21)12-22(26)17-3-2-4-18(23)13-17/h2-7,11,13-14,24H,8-10,12H2,1H3. The molecule has 0 amide bonds. The summed E-state index contributed by atoms with van der Waals surface area (Å²) in [6, 6.07) is 13.4. The van der Waals surface area contributed by atoms with E-state index in [9.17, 15) is 4.79 Å². The molecule has 0 saturated heterocycles. The molecule has 0 radical (unpaired) electrons. The number of rotatable bonds is 4. The molecule has 3 aromatic rings. The highest BCUT2D eigenvalue weighted by Gasteiger charge is 2.15. The number of H-pyrrole nitrogens is 1. The van der Waals surface area contributed by atoms with Crippen molar-refractivity contribution in [1.82, 2.24) is 9.88 Å². The van der Waals surface area contributed by atoms with Crippen LogP contribution in [-0.4, -0.2) is 35.8 Å². The van der Waals surface area contributed by atoms with Crippen molar-refractivity contribution >= 4 is 33.9 Å². The predicted molar refractivity (Wildman–Crippen MR) is 108 cm³/mol. The fourth-order valence-electron chi connectivity index (χ4n) is 3.51. The lowest BCUT2D eigenvalue weighted by Crippen LogP contribution is -2.23. The number of aromatic nitrogens is 1. The SMILES string of the molecule is CN1CC=C(c2c[nH]c3ccc(CC(=O)c4cccc(Cl)c4)cc23)CC1. The van der Waals surface area contributed by atoms with Crippen molar-refractivity contribution in [3.05, 3.63) is 76.5 Å². The highest BCUT2D eigenvalue weighted by atomic mass is 35.5. The van der Waals surface area contributed by atoms with E-state index in [0.29, 0.717) is 17.0 Å². The van der Waals surface area contributed by atoms with Crippen molar-refractivity contribution in [2.75, 3.05) is 20.1 Å². The van der Waals surface area contributed by atoms with Gasteiger partial charge in [0, 0.05) is 52.8 Å². The number of nitrogens with one attached hydrogen (secondary N) is 1. The van der Waals surface area contributed by atoms with Gasteiger partial charge >= 0.3 is 0 Å². The average Bonchev–Trinajstić information content (AvgIpc) is 3.05. The number of hydrogen-bond acceptors (Lipinski definition) is 2. The normalized spacial score (nSPS) is 15.2. The Balaban J connectivity index is 1.63. The van der Waals surface area contributed by atoms with Crippen molar-refractivity contribution in [1.29, 1.82) is 0 Å². The number of ketones is 1. The number of benzene rings is 2. The number of likely N-dealkylation sites (N-methyl/N-ethyl adjacent to an activating group) is 1. The quantitative estimate of drug-likeness (QED) is 0.664. The summed E-state index contributed by atoms with van der Waals surface area (Å²) in [4.78, 5) is 18.3. The Labute approximate surface area is 158 Å². The number of carbonyl (C=O) groups excluding carboxylic acids is 1. The van der Waals surface area contributed by atoms with Crippen LogP contribution in [0.5, 0.6) is 0 Å². The minimum atomic E-state index is 0.0856. The minimum absolute atomic E-state index is 0.0856. The van der Waals surface area contributed by atoms with Crippen LogP contribution in [-0.2, 0) is 6.42 Å². The van der Waals surface area contributed by atoms with E-state index in [-0.39, 0.29) is 5.78 Å². The molecule has 0 bridgehead atoms. The molecule has 1 aliphatic rings. The predicted octanol–water partition coefficient (Wildman–Crippen LogP) is 4.97. The largest absolute Gasteiger partial charge is 0.361 e. The summed E-state index contributed by atoms with van der Waals surface area (Å²) in [5, 5.41) is 1.78. The molecule has 1 aliphatic heterocycles. The summed E-state index contributed by atoms with van der Waals surface area (Å²) >= 11 is 6.01. The van der Waals surface area contributed by atoms with E-state index in [1.807, 2.05) is 18.2 Å². The van der Waals surface area contributed by atoms with Crippen LogP contribution in [0.15, 0.2) is 54.7 Å². The highest BCUT2D eigenvalue weighted by molar-refractivity contribution is 6.31. The maximum Gasteiger partial charge on any atom is 0.167 e. The Bertz CT molecular complexity index is 1000. The van der Waals surface area contributed by atoms with Gasteiger partial charge in [-0.05, 0) is 48.9 Å². The van der Waals surface area contributed by atoms with Crippen LogP contribution < -0.4 is 0 Å². The number of halogens is 1. The summed E-state index contributed by atoms with van der Waals surface area (Å²) in [6.07, 6.45) is 5.82. The third-order valence-corrected chi connectivity index (χ3v) is 5.25. The van der Waals surface area contributed by atoms with Gasteiger partial charge in [-0.2, -0.15) is 0 Å². The molecule has 4 heteroatoms. The van der Waals surface area contributed by atoms with Gasteiger partial charge in [-0.1, -0.05) is 35.9 Å². The van der Waals surface area contributed by atoms with E-state index < -0.39 is 0 Å². The topological polar surface area (TPSA) is 36.1 Å². The van der Waals surface area contributed by atoms with Crippen molar-refractivity contribution in [3.63, 3.8) is 0 Å². The van der Waals surface area contributed by atoms with Gasteiger partial charge in [0.2, 0.25) is 0 Å². The molecule has 0 fully saturated rings. The fraction of sp³-hybridized carbons (Fsp3) is 0.227.